The van der Waals surface area contributed by atoms with E-state index in [0.717, 1.165) is 58.4 Å². The van der Waals surface area contributed by atoms with E-state index in [1.54, 1.807) is 0 Å². The number of benzene rings is 1. The molecule has 0 aliphatic carbocycles. The number of likely N-dealkylation sites (tertiary alicyclic amines) is 1. The summed E-state index contributed by atoms with van der Waals surface area (Å²) in [7, 11) is 0. The number of morpholine rings is 1. The zero-order chi connectivity index (χ0) is 21.0. The Labute approximate surface area is 204 Å². The van der Waals surface area contributed by atoms with E-state index in [0.29, 0.717) is 24.2 Å². The number of rotatable bonds is 5. The molecule has 3 heterocycles. The summed E-state index contributed by atoms with van der Waals surface area (Å²) in [6.45, 7) is 15.0. The van der Waals surface area contributed by atoms with E-state index < -0.39 is 0 Å². The van der Waals surface area contributed by atoms with Gasteiger partial charge in [0.05, 0.1) is 25.4 Å². The number of ether oxygens (including phenoxy) is 2. The molecule has 1 spiro atoms. The Kier molecular flexibility index (Phi) is 9.01. The second-order valence-electron chi connectivity index (χ2n) is 9.41. The lowest BCUT2D eigenvalue weighted by molar-refractivity contribution is -0.0704. The van der Waals surface area contributed by atoms with Crippen molar-refractivity contribution in [2.45, 2.75) is 58.9 Å². The van der Waals surface area contributed by atoms with Crippen LogP contribution in [0.25, 0.3) is 0 Å². The van der Waals surface area contributed by atoms with Crippen LogP contribution in [0.3, 0.4) is 0 Å². The van der Waals surface area contributed by atoms with Gasteiger partial charge in [-0.15, -0.1) is 24.0 Å². The van der Waals surface area contributed by atoms with E-state index in [4.69, 9.17) is 14.5 Å². The second-order valence-corrected chi connectivity index (χ2v) is 9.41. The Morgan fingerprint density at radius 3 is 2.48 bits per heavy atom. The first-order chi connectivity index (χ1) is 14.5. The molecule has 6 nitrogen and oxygen atoms in total. The summed E-state index contributed by atoms with van der Waals surface area (Å²) in [4.78, 5) is 9.86. The van der Waals surface area contributed by atoms with Gasteiger partial charge in [-0.1, -0.05) is 24.3 Å². The first-order valence-electron chi connectivity index (χ1n) is 11.6. The lowest BCUT2D eigenvalue weighted by Gasteiger charge is -2.35. The van der Waals surface area contributed by atoms with E-state index in [-0.39, 0.29) is 24.0 Å². The summed E-state index contributed by atoms with van der Waals surface area (Å²) in [5.41, 5.74) is 2.97. The summed E-state index contributed by atoms with van der Waals surface area (Å²) >= 11 is 0. The van der Waals surface area contributed by atoms with Crippen molar-refractivity contribution in [2.75, 3.05) is 45.9 Å². The van der Waals surface area contributed by atoms with Crippen LogP contribution in [0.15, 0.2) is 29.3 Å². The fourth-order valence-corrected chi connectivity index (χ4v) is 5.10. The highest BCUT2D eigenvalue weighted by atomic mass is 127. The Balaban J connectivity index is 0.00000272. The molecule has 1 N–H and O–H groups in total. The molecule has 3 saturated heterocycles. The average molecular weight is 543 g/mol. The Morgan fingerprint density at radius 2 is 1.84 bits per heavy atom. The highest BCUT2D eigenvalue weighted by Gasteiger charge is 2.42. The molecule has 1 aromatic carbocycles. The number of hydrogen-bond donors (Lipinski definition) is 1. The summed E-state index contributed by atoms with van der Waals surface area (Å²) in [6, 6.07) is 8.96. The van der Waals surface area contributed by atoms with Gasteiger partial charge in [0.15, 0.2) is 5.96 Å². The van der Waals surface area contributed by atoms with Gasteiger partial charge in [0.2, 0.25) is 0 Å². The average Bonchev–Trinajstić information content (AvgIpc) is 3.35. The molecule has 1 aromatic rings. The number of aliphatic imine (C=N–C) groups is 1. The van der Waals surface area contributed by atoms with Gasteiger partial charge in [0.25, 0.3) is 0 Å². The smallest absolute Gasteiger partial charge is 0.194 e. The summed E-state index contributed by atoms with van der Waals surface area (Å²) in [5, 5.41) is 3.49. The van der Waals surface area contributed by atoms with Crippen molar-refractivity contribution in [2.24, 2.45) is 10.4 Å². The maximum atomic E-state index is 5.85. The third-order valence-electron chi connectivity index (χ3n) is 6.59. The van der Waals surface area contributed by atoms with Crippen LogP contribution < -0.4 is 5.32 Å². The molecule has 0 amide bonds. The van der Waals surface area contributed by atoms with Crippen LogP contribution in [0, 0.1) is 5.41 Å². The maximum Gasteiger partial charge on any atom is 0.194 e. The largest absolute Gasteiger partial charge is 0.381 e. The SMILES string of the molecule is CCNC(=NCc1ccc(CN2CC(C)OC(C)C2)cc1)N1CCC2(CCOC2)C1.I. The first kappa shape index (κ1) is 24.7. The zero-order valence-corrected chi connectivity index (χ0v) is 21.6. The predicted octanol–water partition coefficient (Wildman–Crippen LogP) is 3.49. The molecule has 3 fully saturated rings. The van der Waals surface area contributed by atoms with E-state index >= 15 is 0 Å². The lowest BCUT2D eigenvalue weighted by Crippen LogP contribution is -2.44. The van der Waals surface area contributed by atoms with Gasteiger partial charge in [-0.25, -0.2) is 4.99 Å². The van der Waals surface area contributed by atoms with Gasteiger partial charge in [-0.3, -0.25) is 4.90 Å². The number of nitrogens with one attached hydrogen (secondary N) is 1. The van der Waals surface area contributed by atoms with Crippen LogP contribution in [0.5, 0.6) is 0 Å². The minimum atomic E-state index is 0. The van der Waals surface area contributed by atoms with Crippen molar-refractivity contribution < 1.29 is 9.47 Å². The summed E-state index contributed by atoms with van der Waals surface area (Å²) in [6.07, 6.45) is 3.02. The number of hydrogen-bond acceptors (Lipinski definition) is 4. The molecule has 0 saturated carbocycles. The molecular weight excluding hydrogens is 503 g/mol. The Hall–Kier alpha value is -0.900. The summed E-state index contributed by atoms with van der Waals surface area (Å²) in [5.74, 6) is 1.04. The van der Waals surface area contributed by atoms with Gasteiger partial charge in [-0.2, -0.15) is 0 Å². The van der Waals surface area contributed by atoms with Crippen LogP contribution >= 0.6 is 24.0 Å². The molecule has 3 atom stereocenters. The van der Waals surface area contributed by atoms with Gasteiger partial charge >= 0.3 is 0 Å². The van der Waals surface area contributed by atoms with Gasteiger partial charge in [-0.05, 0) is 44.7 Å². The van der Waals surface area contributed by atoms with Crippen molar-refractivity contribution in [1.29, 1.82) is 0 Å². The standard InChI is InChI=1S/C24H38N4O2.HI/c1-4-25-23(28-11-9-24(17-28)10-12-29-18-24)26-13-21-5-7-22(8-6-21)16-27-14-19(2)30-20(3)15-27;/h5-8,19-20H,4,9-18H2,1-3H3,(H,25,26);1H. The molecule has 3 aliphatic rings. The van der Waals surface area contributed by atoms with Crippen molar-refractivity contribution in [1.82, 2.24) is 15.1 Å². The fraction of sp³-hybridized carbons (Fsp3) is 0.708. The third kappa shape index (κ3) is 6.55. The monoisotopic (exact) mass is 542 g/mol. The van der Waals surface area contributed by atoms with Crippen molar-refractivity contribution >= 4 is 29.9 Å². The van der Waals surface area contributed by atoms with Crippen LogP contribution in [-0.2, 0) is 22.6 Å². The summed E-state index contributed by atoms with van der Waals surface area (Å²) < 4.78 is 11.5. The minimum absolute atomic E-state index is 0. The molecule has 3 aliphatic heterocycles. The number of nitrogens with zero attached hydrogens (tertiary/aromatic N) is 3. The van der Waals surface area contributed by atoms with Gasteiger partial charge < -0.3 is 19.7 Å². The van der Waals surface area contributed by atoms with Crippen molar-refractivity contribution in [3.05, 3.63) is 35.4 Å². The third-order valence-corrected chi connectivity index (χ3v) is 6.59. The molecule has 7 heteroatoms. The highest BCUT2D eigenvalue weighted by Crippen LogP contribution is 2.38. The molecule has 3 unspecified atom stereocenters. The van der Waals surface area contributed by atoms with Crippen LogP contribution in [0.1, 0.15) is 44.7 Å². The van der Waals surface area contributed by atoms with E-state index in [1.807, 2.05) is 0 Å². The van der Waals surface area contributed by atoms with Crippen molar-refractivity contribution in [3.63, 3.8) is 0 Å². The molecule has 174 valence electrons. The second kappa shape index (κ2) is 11.3. The molecule has 0 radical (unpaired) electrons. The quantitative estimate of drug-likeness (QED) is 0.351. The van der Waals surface area contributed by atoms with E-state index in [2.05, 4.69) is 60.2 Å². The zero-order valence-electron chi connectivity index (χ0n) is 19.3. The lowest BCUT2D eigenvalue weighted by atomic mass is 9.87. The van der Waals surface area contributed by atoms with E-state index in [9.17, 15) is 0 Å². The Bertz CT molecular complexity index is 711. The first-order valence-corrected chi connectivity index (χ1v) is 11.6. The van der Waals surface area contributed by atoms with E-state index in [1.165, 1.54) is 24.0 Å². The molecular formula is C24H39IN4O2. The van der Waals surface area contributed by atoms with Gasteiger partial charge in [0, 0.05) is 51.3 Å². The minimum Gasteiger partial charge on any atom is -0.381 e. The molecule has 4 rings (SSSR count). The molecule has 31 heavy (non-hydrogen) atoms. The van der Waals surface area contributed by atoms with Crippen LogP contribution in [0.4, 0.5) is 0 Å². The maximum absolute atomic E-state index is 5.85. The van der Waals surface area contributed by atoms with Gasteiger partial charge in [0.1, 0.15) is 0 Å². The predicted molar refractivity (Wildman–Crippen MR) is 136 cm³/mol. The van der Waals surface area contributed by atoms with Crippen LogP contribution in [-0.4, -0.2) is 73.9 Å². The normalized spacial score (nSPS) is 29.4. The molecule has 0 bridgehead atoms. The van der Waals surface area contributed by atoms with Crippen molar-refractivity contribution in [3.8, 4) is 0 Å². The number of guanidine groups is 1. The number of halogens is 1. The Morgan fingerprint density at radius 1 is 1.13 bits per heavy atom. The topological polar surface area (TPSA) is 49.3 Å². The van der Waals surface area contributed by atoms with Crippen LogP contribution in [0.2, 0.25) is 0 Å². The fourth-order valence-electron chi connectivity index (χ4n) is 5.10. The highest BCUT2D eigenvalue weighted by molar-refractivity contribution is 14.0. The molecule has 0 aromatic heterocycles.